The molecule has 0 bridgehead atoms. The van der Waals surface area contributed by atoms with Crippen LogP contribution in [-0.4, -0.2) is 30.7 Å². The van der Waals surface area contributed by atoms with Crippen molar-refractivity contribution in [3.8, 4) is 23.0 Å². The summed E-state index contributed by atoms with van der Waals surface area (Å²) in [6.45, 7) is 0. The van der Waals surface area contributed by atoms with Gasteiger partial charge in [-0.3, -0.25) is 20.2 Å². The molecule has 7 nitrogen and oxygen atoms in total. The molecule has 0 saturated carbocycles. The second-order valence-electron chi connectivity index (χ2n) is 5.38. The van der Waals surface area contributed by atoms with Gasteiger partial charge < -0.3 is 0 Å². The Morgan fingerprint density at radius 1 is 0.880 bits per heavy atom. The number of amides is 1. The first kappa shape index (κ1) is 14.9. The van der Waals surface area contributed by atoms with E-state index in [9.17, 15) is 4.79 Å². The van der Waals surface area contributed by atoms with E-state index >= 15 is 0 Å². The fourth-order valence-corrected chi connectivity index (χ4v) is 2.50. The molecule has 0 aromatic carbocycles. The third kappa shape index (κ3) is 2.94. The standard InChI is InChI=1S/C18H14N6O/c25-18(13-7-1-2-8-13)23-24-16(14-9-3-5-11-19-14)21-22-17(24)15-10-4-6-12-20-15/h1-13H,(H,23,25). The fourth-order valence-electron chi connectivity index (χ4n) is 2.50. The highest BCUT2D eigenvalue weighted by molar-refractivity contribution is 5.90. The van der Waals surface area contributed by atoms with Gasteiger partial charge in [-0.15, -0.1) is 10.2 Å². The number of nitrogens with zero attached hydrogens (tertiary/aromatic N) is 5. The molecular weight excluding hydrogens is 316 g/mol. The van der Waals surface area contributed by atoms with Gasteiger partial charge in [0, 0.05) is 12.4 Å². The van der Waals surface area contributed by atoms with Crippen LogP contribution >= 0.6 is 0 Å². The summed E-state index contributed by atoms with van der Waals surface area (Å²) in [4.78, 5) is 21.1. The molecule has 4 rings (SSSR count). The molecule has 0 unspecified atom stereocenters. The molecule has 3 aromatic rings. The summed E-state index contributed by atoms with van der Waals surface area (Å²) in [7, 11) is 0. The zero-order valence-electron chi connectivity index (χ0n) is 13.1. The van der Waals surface area contributed by atoms with E-state index in [-0.39, 0.29) is 11.8 Å². The molecular formula is C18H14N6O. The molecule has 1 aliphatic rings. The molecule has 3 heterocycles. The quantitative estimate of drug-likeness (QED) is 0.793. The van der Waals surface area contributed by atoms with Crippen molar-refractivity contribution in [2.75, 3.05) is 5.43 Å². The lowest BCUT2D eigenvalue weighted by Gasteiger charge is -2.13. The Bertz CT molecular complexity index is 877. The lowest BCUT2D eigenvalue weighted by molar-refractivity contribution is -0.118. The summed E-state index contributed by atoms with van der Waals surface area (Å²) in [5.41, 5.74) is 4.08. The van der Waals surface area contributed by atoms with Crippen molar-refractivity contribution < 1.29 is 4.79 Å². The SMILES string of the molecule is O=C(Nn1c(-c2ccccn2)nnc1-c1ccccn1)C1C=CC=C1. The van der Waals surface area contributed by atoms with E-state index in [1.165, 1.54) is 4.68 Å². The highest BCUT2D eigenvalue weighted by atomic mass is 16.2. The number of allylic oxidation sites excluding steroid dienone is 2. The first-order valence-electron chi connectivity index (χ1n) is 7.77. The van der Waals surface area contributed by atoms with Gasteiger partial charge in [0.15, 0.2) is 0 Å². The third-order valence-electron chi connectivity index (χ3n) is 3.72. The van der Waals surface area contributed by atoms with Gasteiger partial charge in [0.1, 0.15) is 11.4 Å². The zero-order valence-corrected chi connectivity index (χ0v) is 13.1. The molecule has 0 fully saturated rings. The van der Waals surface area contributed by atoms with Gasteiger partial charge in [-0.25, -0.2) is 4.68 Å². The summed E-state index contributed by atoms with van der Waals surface area (Å²) in [5, 5.41) is 8.40. The summed E-state index contributed by atoms with van der Waals surface area (Å²) < 4.78 is 1.53. The van der Waals surface area contributed by atoms with E-state index < -0.39 is 0 Å². The van der Waals surface area contributed by atoms with Crippen molar-refractivity contribution in [2.24, 2.45) is 5.92 Å². The second-order valence-corrected chi connectivity index (χ2v) is 5.38. The number of aromatic nitrogens is 5. The van der Waals surface area contributed by atoms with Gasteiger partial charge >= 0.3 is 0 Å². The fraction of sp³-hybridized carbons (Fsp3) is 0.0556. The van der Waals surface area contributed by atoms with Crippen LogP contribution in [0.1, 0.15) is 0 Å². The average Bonchev–Trinajstić information content (AvgIpc) is 3.33. The Kier molecular flexibility index (Phi) is 3.88. The van der Waals surface area contributed by atoms with Crippen LogP contribution < -0.4 is 5.43 Å². The molecule has 7 heteroatoms. The third-order valence-corrected chi connectivity index (χ3v) is 3.72. The van der Waals surface area contributed by atoms with E-state index in [0.717, 1.165) is 0 Å². The van der Waals surface area contributed by atoms with Gasteiger partial charge in [0.2, 0.25) is 17.6 Å². The lowest BCUT2D eigenvalue weighted by atomic mass is 10.2. The lowest BCUT2D eigenvalue weighted by Crippen LogP contribution is -2.28. The topological polar surface area (TPSA) is 85.6 Å². The minimum atomic E-state index is -0.324. The van der Waals surface area contributed by atoms with Crippen LogP contribution in [0.25, 0.3) is 23.0 Å². The van der Waals surface area contributed by atoms with Crippen LogP contribution in [0, 0.1) is 5.92 Å². The van der Waals surface area contributed by atoms with Crippen molar-refractivity contribution in [3.63, 3.8) is 0 Å². The maximum atomic E-state index is 12.5. The average molecular weight is 330 g/mol. The van der Waals surface area contributed by atoms with Gasteiger partial charge in [-0.05, 0) is 24.3 Å². The molecule has 0 spiro atoms. The van der Waals surface area contributed by atoms with Crippen LogP contribution in [0.4, 0.5) is 0 Å². The number of hydrogen-bond donors (Lipinski definition) is 1. The highest BCUT2D eigenvalue weighted by Crippen LogP contribution is 2.21. The molecule has 0 radical (unpaired) electrons. The van der Waals surface area contributed by atoms with Gasteiger partial charge in [-0.2, -0.15) is 0 Å². The summed E-state index contributed by atoms with van der Waals surface area (Å²) in [6.07, 6.45) is 10.7. The number of rotatable bonds is 4. The first-order chi connectivity index (χ1) is 12.3. The summed E-state index contributed by atoms with van der Waals surface area (Å²) in [6, 6.07) is 11.0. The van der Waals surface area contributed by atoms with Crippen LogP contribution in [-0.2, 0) is 4.79 Å². The van der Waals surface area contributed by atoms with E-state index in [2.05, 4.69) is 25.6 Å². The van der Waals surface area contributed by atoms with Crippen molar-refractivity contribution in [2.45, 2.75) is 0 Å². The number of hydrogen-bond acceptors (Lipinski definition) is 5. The Hall–Kier alpha value is -3.61. The number of carbonyl (C=O) groups is 1. The minimum Gasteiger partial charge on any atom is -0.272 e. The largest absolute Gasteiger partial charge is 0.272 e. The molecule has 122 valence electrons. The predicted octanol–water partition coefficient (Wildman–Crippen LogP) is 2.21. The normalized spacial score (nSPS) is 13.3. The zero-order chi connectivity index (χ0) is 17.1. The molecule has 3 aromatic heterocycles. The molecule has 1 amide bonds. The van der Waals surface area contributed by atoms with Crippen molar-refractivity contribution in [1.82, 2.24) is 24.8 Å². The summed E-state index contributed by atoms with van der Waals surface area (Å²) >= 11 is 0. The molecule has 0 aliphatic heterocycles. The van der Waals surface area contributed by atoms with E-state index in [1.54, 1.807) is 12.4 Å². The van der Waals surface area contributed by atoms with Gasteiger partial charge in [0.25, 0.3) is 0 Å². The molecule has 25 heavy (non-hydrogen) atoms. The van der Waals surface area contributed by atoms with Crippen LogP contribution in [0.2, 0.25) is 0 Å². The maximum Gasteiger partial charge on any atom is 0.249 e. The molecule has 0 atom stereocenters. The maximum absolute atomic E-state index is 12.5. The first-order valence-corrected chi connectivity index (χ1v) is 7.77. The molecule has 0 saturated heterocycles. The Morgan fingerprint density at radius 2 is 1.44 bits per heavy atom. The van der Waals surface area contributed by atoms with Crippen molar-refractivity contribution >= 4 is 5.91 Å². The van der Waals surface area contributed by atoms with E-state index in [0.29, 0.717) is 23.0 Å². The van der Waals surface area contributed by atoms with Gasteiger partial charge in [-0.1, -0.05) is 36.4 Å². The Balaban J connectivity index is 1.78. The van der Waals surface area contributed by atoms with Crippen molar-refractivity contribution in [1.29, 1.82) is 0 Å². The Labute approximate surface area is 143 Å². The summed E-state index contributed by atoms with van der Waals surface area (Å²) in [5.74, 6) is 0.385. The van der Waals surface area contributed by atoms with E-state index in [4.69, 9.17) is 0 Å². The molecule has 1 aliphatic carbocycles. The van der Waals surface area contributed by atoms with Gasteiger partial charge in [0.05, 0.1) is 5.92 Å². The minimum absolute atomic E-state index is 0.181. The Morgan fingerprint density at radius 3 is 1.92 bits per heavy atom. The van der Waals surface area contributed by atoms with E-state index in [1.807, 2.05) is 60.7 Å². The van der Waals surface area contributed by atoms with Crippen molar-refractivity contribution in [3.05, 3.63) is 73.1 Å². The smallest absolute Gasteiger partial charge is 0.249 e. The van der Waals surface area contributed by atoms with Crippen LogP contribution in [0.5, 0.6) is 0 Å². The molecule has 1 N–H and O–H groups in total. The number of nitrogens with one attached hydrogen (secondary N) is 1. The monoisotopic (exact) mass is 330 g/mol. The highest BCUT2D eigenvalue weighted by Gasteiger charge is 2.21. The second kappa shape index (κ2) is 6.48. The number of carbonyl (C=O) groups excluding carboxylic acids is 1. The van der Waals surface area contributed by atoms with Crippen LogP contribution in [0.3, 0.4) is 0 Å². The van der Waals surface area contributed by atoms with Crippen LogP contribution in [0.15, 0.2) is 73.1 Å². The number of pyridine rings is 2. The predicted molar refractivity (Wildman–Crippen MR) is 92.6 cm³/mol.